The van der Waals surface area contributed by atoms with Crippen LogP contribution in [-0.4, -0.2) is 0 Å². The zero-order valence-electron chi connectivity index (χ0n) is 15.4. The number of hydrogen-bond acceptors (Lipinski definition) is 1. The molecule has 0 heterocycles. The van der Waals surface area contributed by atoms with Gasteiger partial charge < -0.3 is 6.15 Å². The molecular formula is C21H39N. The zero-order chi connectivity index (χ0) is 15.4. The molecule has 0 radical (unpaired) electrons. The van der Waals surface area contributed by atoms with E-state index < -0.39 is 0 Å². The van der Waals surface area contributed by atoms with E-state index in [0.29, 0.717) is 5.41 Å². The summed E-state index contributed by atoms with van der Waals surface area (Å²) < 4.78 is 0. The van der Waals surface area contributed by atoms with E-state index in [9.17, 15) is 0 Å². The van der Waals surface area contributed by atoms with Crippen molar-refractivity contribution in [1.29, 1.82) is 0 Å². The van der Waals surface area contributed by atoms with Crippen molar-refractivity contribution in [3.63, 3.8) is 0 Å². The van der Waals surface area contributed by atoms with Crippen molar-refractivity contribution in [2.24, 2.45) is 5.41 Å². The van der Waals surface area contributed by atoms with Crippen molar-refractivity contribution in [1.82, 2.24) is 6.15 Å². The lowest BCUT2D eigenvalue weighted by Crippen LogP contribution is -2.14. The highest BCUT2D eigenvalue weighted by molar-refractivity contribution is 5.16. The first-order chi connectivity index (χ1) is 10.1. The average molecular weight is 306 g/mol. The van der Waals surface area contributed by atoms with Crippen LogP contribution in [0.2, 0.25) is 0 Å². The third-order valence-electron chi connectivity index (χ3n) is 4.48. The SMILES string of the molecule is CCCCCCCCCCCC(C)(C)Cc1ccccc1.N. The summed E-state index contributed by atoms with van der Waals surface area (Å²) >= 11 is 0. The Morgan fingerprint density at radius 1 is 0.727 bits per heavy atom. The van der Waals surface area contributed by atoms with Gasteiger partial charge in [-0.3, -0.25) is 0 Å². The smallest absolute Gasteiger partial charge is 0.0227 e. The Bertz CT molecular complexity index is 342. The molecule has 0 amide bonds. The predicted octanol–water partition coefficient (Wildman–Crippen LogP) is 7.34. The van der Waals surface area contributed by atoms with Crippen LogP contribution in [-0.2, 0) is 6.42 Å². The highest BCUT2D eigenvalue weighted by Gasteiger charge is 2.17. The zero-order valence-corrected chi connectivity index (χ0v) is 15.4. The van der Waals surface area contributed by atoms with E-state index in [2.05, 4.69) is 51.1 Å². The molecule has 128 valence electrons. The molecule has 1 heteroatoms. The first kappa shape index (κ1) is 21.2. The summed E-state index contributed by atoms with van der Waals surface area (Å²) in [6.07, 6.45) is 15.4. The quantitative estimate of drug-likeness (QED) is 0.403. The van der Waals surface area contributed by atoms with E-state index in [0.717, 1.165) is 0 Å². The standard InChI is InChI=1S/C21H36.H3N/c1-4-5-6-7-8-9-10-11-15-18-21(2,3)19-20-16-13-12-14-17-20;/h12-14,16-17H,4-11,15,18-19H2,1-3H3;1H3. The maximum Gasteiger partial charge on any atom is -0.0227 e. The third-order valence-corrected chi connectivity index (χ3v) is 4.48. The van der Waals surface area contributed by atoms with E-state index >= 15 is 0 Å². The minimum atomic E-state index is 0. The van der Waals surface area contributed by atoms with Crippen LogP contribution < -0.4 is 6.15 Å². The van der Waals surface area contributed by atoms with Gasteiger partial charge in [0.15, 0.2) is 0 Å². The van der Waals surface area contributed by atoms with Gasteiger partial charge >= 0.3 is 0 Å². The molecular weight excluding hydrogens is 266 g/mol. The molecule has 0 aliphatic carbocycles. The first-order valence-electron chi connectivity index (χ1n) is 9.18. The van der Waals surface area contributed by atoms with E-state index in [1.165, 1.54) is 76.2 Å². The Labute approximate surface area is 139 Å². The summed E-state index contributed by atoms with van der Waals surface area (Å²) in [7, 11) is 0. The molecule has 1 aromatic rings. The number of unbranched alkanes of at least 4 members (excludes halogenated alkanes) is 8. The molecule has 0 atom stereocenters. The van der Waals surface area contributed by atoms with Crippen LogP contribution in [0, 0.1) is 5.41 Å². The van der Waals surface area contributed by atoms with E-state index in [-0.39, 0.29) is 6.15 Å². The van der Waals surface area contributed by atoms with Crippen molar-refractivity contribution in [2.75, 3.05) is 0 Å². The van der Waals surface area contributed by atoms with Gasteiger partial charge in [-0.15, -0.1) is 0 Å². The number of benzene rings is 1. The van der Waals surface area contributed by atoms with E-state index in [1.807, 2.05) is 0 Å². The molecule has 0 aliphatic rings. The van der Waals surface area contributed by atoms with Crippen LogP contribution in [0.15, 0.2) is 30.3 Å². The predicted molar refractivity (Wildman–Crippen MR) is 101 cm³/mol. The van der Waals surface area contributed by atoms with E-state index in [1.54, 1.807) is 0 Å². The molecule has 0 unspecified atom stereocenters. The Morgan fingerprint density at radius 3 is 1.77 bits per heavy atom. The van der Waals surface area contributed by atoms with Crippen LogP contribution in [0.1, 0.15) is 90.5 Å². The topological polar surface area (TPSA) is 35.0 Å². The molecule has 1 nitrogen and oxygen atoms in total. The molecule has 0 fully saturated rings. The van der Waals surface area contributed by atoms with Crippen molar-refractivity contribution >= 4 is 0 Å². The van der Waals surface area contributed by atoms with Gasteiger partial charge in [-0.25, -0.2) is 0 Å². The molecule has 0 aliphatic heterocycles. The highest BCUT2D eigenvalue weighted by atomic mass is 14.2. The van der Waals surface area contributed by atoms with Crippen molar-refractivity contribution < 1.29 is 0 Å². The number of rotatable bonds is 12. The van der Waals surface area contributed by atoms with Crippen LogP contribution in [0.3, 0.4) is 0 Å². The van der Waals surface area contributed by atoms with Gasteiger partial charge in [-0.1, -0.05) is 109 Å². The molecule has 0 aromatic heterocycles. The largest absolute Gasteiger partial charge is 0.344 e. The minimum absolute atomic E-state index is 0. The van der Waals surface area contributed by atoms with Gasteiger partial charge in [0, 0.05) is 0 Å². The van der Waals surface area contributed by atoms with Crippen molar-refractivity contribution in [3.05, 3.63) is 35.9 Å². The van der Waals surface area contributed by atoms with Gasteiger partial charge in [0.1, 0.15) is 0 Å². The fraction of sp³-hybridized carbons (Fsp3) is 0.714. The molecule has 1 rings (SSSR count). The van der Waals surface area contributed by atoms with Crippen LogP contribution >= 0.6 is 0 Å². The Hall–Kier alpha value is -0.820. The van der Waals surface area contributed by atoms with Gasteiger partial charge in [-0.2, -0.15) is 0 Å². The van der Waals surface area contributed by atoms with Crippen LogP contribution in [0.5, 0.6) is 0 Å². The lowest BCUT2D eigenvalue weighted by atomic mass is 9.81. The van der Waals surface area contributed by atoms with Crippen LogP contribution in [0.4, 0.5) is 0 Å². The third kappa shape index (κ3) is 10.8. The summed E-state index contributed by atoms with van der Waals surface area (Å²) in [5.41, 5.74) is 1.93. The monoisotopic (exact) mass is 305 g/mol. The van der Waals surface area contributed by atoms with Crippen LogP contribution in [0.25, 0.3) is 0 Å². The summed E-state index contributed by atoms with van der Waals surface area (Å²) in [4.78, 5) is 0. The molecule has 3 N–H and O–H groups in total. The average Bonchev–Trinajstić information content (AvgIpc) is 2.46. The lowest BCUT2D eigenvalue weighted by molar-refractivity contribution is 0.316. The Kier molecular flexibility index (Phi) is 12.2. The lowest BCUT2D eigenvalue weighted by Gasteiger charge is -2.24. The maximum atomic E-state index is 2.42. The highest BCUT2D eigenvalue weighted by Crippen LogP contribution is 2.28. The van der Waals surface area contributed by atoms with Gasteiger partial charge in [0.05, 0.1) is 0 Å². The summed E-state index contributed by atoms with van der Waals surface area (Å²) in [6, 6.07) is 10.9. The summed E-state index contributed by atoms with van der Waals surface area (Å²) in [5.74, 6) is 0. The Morgan fingerprint density at radius 2 is 1.23 bits per heavy atom. The van der Waals surface area contributed by atoms with Gasteiger partial charge in [0.2, 0.25) is 0 Å². The summed E-state index contributed by atoms with van der Waals surface area (Å²) in [6.45, 7) is 7.13. The normalized spacial score (nSPS) is 11.2. The van der Waals surface area contributed by atoms with Gasteiger partial charge in [-0.05, 0) is 23.8 Å². The van der Waals surface area contributed by atoms with Crippen molar-refractivity contribution in [2.45, 2.75) is 91.4 Å². The fourth-order valence-corrected chi connectivity index (χ4v) is 3.15. The molecule has 0 saturated heterocycles. The second-order valence-electron chi connectivity index (χ2n) is 7.41. The van der Waals surface area contributed by atoms with E-state index in [4.69, 9.17) is 0 Å². The number of hydrogen-bond donors (Lipinski definition) is 1. The maximum absolute atomic E-state index is 2.42. The van der Waals surface area contributed by atoms with Gasteiger partial charge in [0.25, 0.3) is 0 Å². The molecule has 0 bridgehead atoms. The molecule has 22 heavy (non-hydrogen) atoms. The molecule has 1 aromatic carbocycles. The first-order valence-corrected chi connectivity index (χ1v) is 9.18. The minimum Gasteiger partial charge on any atom is -0.344 e. The second-order valence-corrected chi connectivity index (χ2v) is 7.41. The molecule has 0 saturated carbocycles. The van der Waals surface area contributed by atoms with Crippen molar-refractivity contribution in [3.8, 4) is 0 Å². The fourth-order valence-electron chi connectivity index (χ4n) is 3.15. The molecule has 0 spiro atoms. The second kappa shape index (κ2) is 12.7. The summed E-state index contributed by atoms with van der Waals surface area (Å²) in [5, 5.41) is 0. The Balaban J connectivity index is 0.00000441.